The van der Waals surface area contributed by atoms with Gasteiger partial charge >= 0.3 is 0 Å². The van der Waals surface area contributed by atoms with Gasteiger partial charge in [0.2, 0.25) is 0 Å². The van der Waals surface area contributed by atoms with Crippen molar-refractivity contribution in [3.05, 3.63) is 36.0 Å². The molecular formula is C15H20N4. The van der Waals surface area contributed by atoms with Crippen molar-refractivity contribution in [3.8, 4) is 0 Å². The zero-order chi connectivity index (χ0) is 13.2. The monoisotopic (exact) mass is 256 g/mol. The van der Waals surface area contributed by atoms with Crippen molar-refractivity contribution in [1.29, 1.82) is 0 Å². The van der Waals surface area contributed by atoms with Crippen molar-refractivity contribution in [2.24, 2.45) is 5.73 Å². The summed E-state index contributed by atoms with van der Waals surface area (Å²) >= 11 is 0. The van der Waals surface area contributed by atoms with Crippen LogP contribution in [0.4, 0.5) is 5.82 Å². The van der Waals surface area contributed by atoms with Crippen LogP contribution in [-0.2, 0) is 6.54 Å². The fraction of sp³-hybridized carbons (Fsp3) is 0.400. The van der Waals surface area contributed by atoms with Crippen molar-refractivity contribution in [3.63, 3.8) is 0 Å². The summed E-state index contributed by atoms with van der Waals surface area (Å²) in [5.74, 6) is 1.09. The van der Waals surface area contributed by atoms with Gasteiger partial charge in [0, 0.05) is 38.1 Å². The Hall–Kier alpha value is -1.65. The molecule has 0 bridgehead atoms. The van der Waals surface area contributed by atoms with E-state index in [0.29, 0.717) is 6.54 Å². The molecule has 0 spiro atoms. The van der Waals surface area contributed by atoms with E-state index in [-0.39, 0.29) is 0 Å². The molecule has 1 aliphatic heterocycles. The summed E-state index contributed by atoms with van der Waals surface area (Å²) in [4.78, 5) is 9.48. The van der Waals surface area contributed by atoms with Crippen molar-refractivity contribution >= 4 is 16.6 Å². The predicted molar refractivity (Wildman–Crippen MR) is 79.3 cm³/mol. The molecule has 0 atom stereocenters. The zero-order valence-electron chi connectivity index (χ0n) is 11.3. The maximum Gasteiger partial charge on any atom is 0.136 e. The highest BCUT2D eigenvalue weighted by atomic mass is 15.3. The number of hydrogen-bond donors (Lipinski definition) is 1. The number of nitrogens with two attached hydrogens (primary N) is 1. The third kappa shape index (κ3) is 2.41. The Morgan fingerprint density at radius 3 is 2.63 bits per heavy atom. The van der Waals surface area contributed by atoms with Gasteiger partial charge in [-0.2, -0.15) is 0 Å². The lowest BCUT2D eigenvalue weighted by atomic mass is 10.1. The summed E-state index contributed by atoms with van der Waals surface area (Å²) in [6.45, 7) is 4.72. The average molecular weight is 256 g/mol. The van der Waals surface area contributed by atoms with Crippen LogP contribution in [0, 0.1) is 0 Å². The van der Waals surface area contributed by atoms with Gasteiger partial charge in [0.05, 0.1) is 5.69 Å². The minimum Gasteiger partial charge on any atom is -0.354 e. The third-order valence-corrected chi connectivity index (χ3v) is 3.79. The van der Waals surface area contributed by atoms with Crippen molar-refractivity contribution in [1.82, 2.24) is 9.88 Å². The summed E-state index contributed by atoms with van der Waals surface area (Å²) in [5, 5.41) is 2.45. The Morgan fingerprint density at radius 1 is 1.16 bits per heavy atom. The van der Waals surface area contributed by atoms with Gasteiger partial charge in [0.1, 0.15) is 5.82 Å². The lowest BCUT2D eigenvalue weighted by Gasteiger charge is -2.34. The Labute approximate surface area is 113 Å². The molecule has 1 aromatic heterocycles. The smallest absolute Gasteiger partial charge is 0.136 e. The number of hydrogen-bond acceptors (Lipinski definition) is 4. The molecular weight excluding hydrogens is 236 g/mol. The number of piperazine rings is 1. The largest absolute Gasteiger partial charge is 0.354 e. The summed E-state index contributed by atoms with van der Waals surface area (Å²) in [6.07, 6.45) is 0. The summed E-state index contributed by atoms with van der Waals surface area (Å²) in [7, 11) is 2.17. The number of aromatic nitrogens is 1. The van der Waals surface area contributed by atoms with E-state index in [4.69, 9.17) is 10.7 Å². The molecule has 100 valence electrons. The average Bonchev–Trinajstić information content (AvgIpc) is 2.47. The third-order valence-electron chi connectivity index (χ3n) is 3.79. The molecule has 4 nitrogen and oxygen atoms in total. The molecule has 1 fully saturated rings. The fourth-order valence-electron chi connectivity index (χ4n) is 2.60. The molecule has 3 rings (SSSR count). The van der Waals surface area contributed by atoms with Crippen LogP contribution in [0.3, 0.4) is 0 Å². The first-order valence-corrected chi connectivity index (χ1v) is 6.80. The van der Waals surface area contributed by atoms with Gasteiger partial charge in [0.15, 0.2) is 0 Å². The summed E-state index contributed by atoms with van der Waals surface area (Å²) in [5.41, 5.74) is 6.74. The lowest BCUT2D eigenvalue weighted by Crippen LogP contribution is -2.45. The normalized spacial score (nSPS) is 17.1. The SMILES string of the molecule is CN1CCN(c2nc(CN)cc3ccccc23)CC1. The second-order valence-corrected chi connectivity index (χ2v) is 5.15. The molecule has 0 amide bonds. The number of benzene rings is 1. The molecule has 2 N–H and O–H groups in total. The van der Waals surface area contributed by atoms with E-state index in [9.17, 15) is 0 Å². The molecule has 0 saturated carbocycles. The van der Waals surface area contributed by atoms with E-state index < -0.39 is 0 Å². The predicted octanol–water partition coefficient (Wildman–Crippen LogP) is 1.45. The molecule has 19 heavy (non-hydrogen) atoms. The van der Waals surface area contributed by atoms with E-state index in [0.717, 1.165) is 37.7 Å². The number of anilines is 1. The van der Waals surface area contributed by atoms with Gasteiger partial charge in [-0.3, -0.25) is 0 Å². The van der Waals surface area contributed by atoms with E-state index in [2.05, 4.69) is 47.2 Å². The van der Waals surface area contributed by atoms with Gasteiger partial charge < -0.3 is 15.5 Å². The van der Waals surface area contributed by atoms with Gasteiger partial charge in [-0.05, 0) is 18.5 Å². The van der Waals surface area contributed by atoms with E-state index in [1.807, 2.05) is 0 Å². The summed E-state index contributed by atoms with van der Waals surface area (Å²) < 4.78 is 0. The van der Waals surface area contributed by atoms with Crippen LogP contribution in [0.15, 0.2) is 30.3 Å². The topological polar surface area (TPSA) is 45.4 Å². The first-order valence-electron chi connectivity index (χ1n) is 6.80. The van der Waals surface area contributed by atoms with Gasteiger partial charge in [-0.25, -0.2) is 4.98 Å². The number of nitrogens with zero attached hydrogens (tertiary/aromatic N) is 3. The second-order valence-electron chi connectivity index (χ2n) is 5.15. The molecule has 2 aromatic rings. The number of rotatable bonds is 2. The molecule has 0 radical (unpaired) electrons. The van der Waals surface area contributed by atoms with Crippen molar-refractivity contribution in [2.75, 3.05) is 38.1 Å². The first kappa shape index (κ1) is 12.4. The summed E-state index contributed by atoms with van der Waals surface area (Å²) in [6, 6.07) is 10.5. The minimum absolute atomic E-state index is 0.492. The standard InChI is InChI=1S/C15H20N4/c1-18-6-8-19(9-7-18)15-14-5-3-2-4-12(14)10-13(11-16)17-15/h2-5,10H,6-9,11,16H2,1H3. The van der Waals surface area contributed by atoms with Crippen LogP contribution in [0.2, 0.25) is 0 Å². The second kappa shape index (κ2) is 5.15. The Bertz CT molecular complexity index is 573. The molecule has 0 aliphatic carbocycles. The molecule has 0 unspecified atom stereocenters. The van der Waals surface area contributed by atoms with Crippen LogP contribution >= 0.6 is 0 Å². The molecule has 1 saturated heterocycles. The number of pyridine rings is 1. The Morgan fingerprint density at radius 2 is 1.89 bits per heavy atom. The van der Waals surface area contributed by atoms with Crippen LogP contribution in [0.25, 0.3) is 10.8 Å². The van der Waals surface area contributed by atoms with Crippen LogP contribution in [0.1, 0.15) is 5.69 Å². The zero-order valence-corrected chi connectivity index (χ0v) is 11.3. The molecule has 4 heteroatoms. The van der Waals surface area contributed by atoms with Gasteiger partial charge in [-0.1, -0.05) is 24.3 Å². The highest BCUT2D eigenvalue weighted by Gasteiger charge is 2.17. The number of fused-ring (bicyclic) bond motifs is 1. The molecule has 1 aliphatic rings. The van der Waals surface area contributed by atoms with Crippen LogP contribution in [0.5, 0.6) is 0 Å². The van der Waals surface area contributed by atoms with Gasteiger partial charge in [-0.15, -0.1) is 0 Å². The maximum atomic E-state index is 5.77. The fourth-order valence-corrected chi connectivity index (χ4v) is 2.60. The van der Waals surface area contributed by atoms with Gasteiger partial charge in [0.25, 0.3) is 0 Å². The van der Waals surface area contributed by atoms with E-state index >= 15 is 0 Å². The highest BCUT2D eigenvalue weighted by Crippen LogP contribution is 2.26. The van der Waals surface area contributed by atoms with E-state index in [1.54, 1.807) is 0 Å². The Balaban J connectivity index is 2.05. The molecule has 1 aromatic carbocycles. The minimum atomic E-state index is 0.492. The molecule has 2 heterocycles. The first-order chi connectivity index (χ1) is 9.28. The quantitative estimate of drug-likeness (QED) is 0.883. The van der Waals surface area contributed by atoms with Crippen molar-refractivity contribution < 1.29 is 0 Å². The van der Waals surface area contributed by atoms with Crippen LogP contribution in [-0.4, -0.2) is 43.1 Å². The maximum absolute atomic E-state index is 5.77. The van der Waals surface area contributed by atoms with Crippen LogP contribution < -0.4 is 10.6 Å². The Kier molecular flexibility index (Phi) is 3.36. The highest BCUT2D eigenvalue weighted by molar-refractivity contribution is 5.92. The van der Waals surface area contributed by atoms with Crippen molar-refractivity contribution in [2.45, 2.75) is 6.54 Å². The lowest BCUT2D eigenvalue weighted by molar-refractivity contribution is 0.312. The number of likely N-dealkylation sites (N-methyl/N-ethyl adjacent to an activating group) is 1. The van der Waals surface area contributed by atoms with E-state index in [1.165, 1.54) is 10.8 Å².